The van der Waals surface area contributed by atoms with Crippen LogP contribution in [0.2, 0.25) is 0 Å². The van der Waals surface area contributed by atoms with Crippen molar-refractivity contribution in [2.24, 2.45) is 15.4 Å². The molecule has 1 unspecified atom stereocenters. The molecule has 33 heavy (non-hydrogen) atoms. The summed E-state index contributed by atoms with van der Waals surface area (Å²) in [4.78, 5) is 14.0. The average molecular weight is 509 g/mol. The Kier molecular flexibility index (Phi) is 6.84. The maximum Gasteiger partial charge on any atom is 0.518 e. The Morgan fingerprint density at radius 3 is 2.64 bits per heavy atom. The number of halogens is 3. The minimum Gasteiger partial charge on any atom is -0.455 e. The second-order valence-corrected chi connectivity index (χ2v) is 11.1. The number of ether oxygens (including phenoxy) is 1. The fourth-order valence-electron chi connectivity index (χ4n) is 3.31. The summed E-state index contributed by atoms with van der Waals surface area (Å²) >= 11 is 0.835. The zero-order valence-corrected chi connectivity index (χ0v) is 19.9. The number of aromatic nitrogens is 2. The van der Waals surface area contributed by atoms with Gasteiger partial charge in [-0.15, -0.1) is 10.2 Å². The number of alkyl halides is 3. The summed E-state index contributed by atoms with van der Waals surface area (Å²) in [6, 6.07) is 0. The number of esters is 1. The van der Waals surface area contributed by atoms with Gasteiger partial charge in [-0.3, -0.25) is 5.43 Å². The lowest BCUT2D eigenvalue weighted by Crippen LogP contribution is -2.37. The molecule has 1 N–H and O–H groups in total. The van der Waals surface area contributed by atoms with E-state index in [1.807, 2.05) is 4.90 Å². The van der Waals surface area contributed by atoms with Crippen LogP contribution in [0.5, 0.6) is 0 Å². The maximum absolute atomic E-state index is 12.9. The number of fused-ring (bicyclic) bond motifs is 1. The highest BCUT2D eigenvalue weighted by Crippen LogP contribution is 2.34. The molecular formula is C18H23F3N6O4S2. The number of hydrogen-bond acceptors (Lipinski definition) is 10. The van der Waals surface area contributed by atoms with Gasteiger partial charge in [-0.2, -0.15) is 31.1 Å². The number of carbonyl (C=O) groups excluding carboxylic acids is 1. The first-order valence-corrected chi connectivity index (χ1v) is 12.2. The molecule has 0 saturated carbocycles. The Morgan fingerprint density at radius 1 is 1.30 bits per heavy atom. The molecule has 3 rings (SSSR count). The van der Waals surface area contributed by atoms with E-state index in [0.717, 1.165) is 24.2 Å². The number of hydrazone groups is 1. The van der Waals surface area contributed by atoms with Gasteiger partial charge in [0.1, 0.15) is 11.3 Å². The molecule has 0 spiro atoms. The highest BCUT2D eigenvalue weighted by molar-refractivity contribution is 7.91. The van der Waals surface area contributed by atoms with Crippen LogP contribution in [0, 0.1) is 5.92 Å². The van der Waals surface area contributed by atoms with E-state index in [0.29, 0.717) is 12.2 Å². The summed E-state index contributed by atoms with van der Waals surface area (Å²) in [6.45, 7) is 5.78. The van der Waals surface area contributed by atoms with E-state index in [2.05, 4.69) is 25.1 Å². The van der Waals surface area contributed by atoms with Crippen LogP contribution in [0.25, 0.3) is 0 Å². The number of nitrogens with one attached hydrogen (secondary N) is 1. The molecule has 1 aliphatic heterocycles. The van der Waals surface area contributed by atoms with Crippen LogP contribution >= 0.6 is 11.3 Å². The van der Waals surface area contributed by atoms with Gasteiger partial charge in [0.2, 0.25) is 10.1 Å². The van der Waals surface area contributed by atoms with Crippen LogP contribution in [-0.4, -0.2) is 65.6 Å². The molecule has 0 amide bonds. The number of carbonyl (C=O) groups is 1. The highest BCUT2D eigenvalue weighted by atomic mass is 32.2. The highest BCUT2D eigenvalue weighted by Gasteiger charge is 2.46. The molecule has 1 aromatic rings. The van der Waals surface area contributed by atoms with Gasteiger partial charge >= 0.3 is 21.5 Å². The van der Waals surface area contributed by atoms with Crippen molar-refractivity contribution in [2.75, 3.05) is 19.0 Å². The Morgan fingerprint density at radius 2 is 2.00 bits per heavy atom. The number of allylic oxidation sites excluding steroid dienone is 2. The van der Waals surface area contributed by atoms with Crippen molar-refractivity contribution in [2.45, 2.75) is 51.1 Å². The number of anilines is 1. The van der Waals surface area contributed by atoms with E-state index in [9.17, 15) is 26.4 Å². The number of rotatable bonds is 4. The van der Waals surface area contributed by atoms with E-state index in [1.165, 1.54) is 6.08 Å². The van der Waals surface area contributed by atoms with E-state index < -0.39 is 32.8 Å². The first-order valence-electron chi connectivity index (χ1n) is 9.90. The third-order valence-electron chi connectivity index (χ3n) is 4.72. The third-order valence-corrected chi connectivity index (χ3v) is 6.55. The smallest absolute Gasteiger partial charge is 0.455 e. The fraction of sp³-hybridized carbons (Fsp3) is 0.611. The van der Waals surface area contributed by atoms with E-state index >= 15 is 0 Å². The lowest BCUT2D eigenvalue weighted by atomic mass is 9.83. The Balaban J connectivity index is 1.91. The molecular weight excluding hydrogens is 485 g/mol. The summed E-state index contributed by atoms with van der Waals surface area (Å²) in [5, 5.41) is 11.6. The molecule has 2 aliphatic rings. The Hall–Kier alpha value is -2.55. The van der Waals surface area contributed by atoms with Gasteiger partial charge in [0.25, 0.3) is 0 Å². The summed E-state index contributed by atoms with van der Waals surface area (Å²) in [6.07, 6.45) is 3.16. The molecule has 0 aromatic carbocycles. The van der Waals surface area contributed by atoms with Crippen molar-refractivity contribution in [3.63, 3.8) is 0 Å². The van der Waals surface area contributed by atoms with Crippen LogP contribution in [0.3, 0.4) is 0 Å². The molecule has 1 aliphatic carbocycles. The largest absolute Gasteiger partial charge is 0.518 e. The van der Waals surface area contributed by atoms with Crippen molar-refractivity contribution >= 4 is 43.9 Å². The van der Waals surface area contributed by atoms with Gasteiger partial charge in [0, 0.05) is 31.6 Å². The van der Waals surface area contributed by atoms with Gasteiger partial charge < -0.3 is 9.64 Å². The summed E-state index contributed by atoms with van der Waals surface area (Å²) in [5.74, 6) is -0.724. The monoisotopic (exact) mass is 508 g/mol. The molecule has 1 saturated heterocycles. The zero-order chi connectivity index (χ0) is 24.6. The molecule has 0 radical (unpaired) electrons. The van der Waals surface area contributed by atoms with Crippen LogP contribution in [0.1, 0.15) is 49.8 Å². The average Bonchev–Trinajstić information content (AvgIpc) is 3.14. The maximum atomic E-state index is 12.9. The van der Waals surface area contributed by atoms with Crippen LogP contribution < -0.4 is 5.43 Å². The Labute approximate surface area is 192 Å². The number of likely N-dealkylation sites (tertiary alicyclic amines) is 1. The summed E-state index contributed by atoms with van der Waals surface area (Å²) < 4.78 is 70.4. The van der Waals surface area contributed by atoms with E-state index in [4.69, 9.17) is 4.74 Å². The minimum atomic E-state index is -5.76. The van der Waals surface area contributed by atoms with Gasteiger partial charge in [-0.25, -0.2) is 4.79 Å². The van der Waals surface area contributed by atoms with E-state index in [1.54, 1.807) is 27.8 Å². The molecule has 0 bridgehead atoms. The molecule has 182 valence electrons. The van der Waals surface area contributed by atoms with Crippen molar-refractivity contribution in [3.8, 4) is 0 Å². The van der Waals surface area contributed by atoms with Gasteiger partial charge in [0.05, 0.1) is 5.71 Å². The molecule has 15 heteroatoms. The summed E-state index contributed by atoms with van der Waals surface area (Å²) in [5.41, 5.74) is -3.40. The lowest BCUT2D eigenvalue weighted by molar-refractivity contribution is -0.0435. The second kappa shape index (κ2) is 9.00. The van der Waals surface area contributed by atoms with Gasteiger partial charge in [0.15, 0.2) is 0 Å². The minimum absolute atomic E-state index is 0.0286. The van der Waals surface area contributed by atoms with Crippen molar-refractivity contribution in [1.29, 1.82) is 0 Å². The quantitative estimate of drug-likeness (QED) is 0.486. The lowest BCUT2D eigenvalue weighted by Gasteiger charge is -2.37. The molecule has 1 atom stereocenters. The van der Waals surface area contributed by atoms with Crippen molar-refractivity contribution < 1.29 is 31.1 Å². The van der Waals surface area contributed by atoms with Crippen LogP contribution in [0.4, 0.5) is 18.3 Å². The fourth-order valence-corrected chi connectivity index (χ4v) is 4.39. The number of piperidine rings is 1. The predicted octanol–water partition coefficient (Wildman–Crippen LogP) is 3.18. The SMILES string of the molecule is CN1CCCC2CC(=NNc3nnc(C(=O)OC(C)(C)C)s3)C(=NS(=O)(=O)C(F)(F)F)C=C21. The molecule has 10 nitrogen and oxygen atoms in total. The standard InChI is InChI=1S/C18H23F3N6O4S2/c1-17(2,3)31-15(28)14-23-25-16(32-14)24-22-11-8-10-6-5-7-27(4)13(10)9-12(11)26-33(29,30)18(19,20)21/h9-10H,5-8H2,1-4H3,(H,24,25). The number of sulfonamides is 1. The van der Waals surface area contributed by atoms with Crippen molar-refractivity contribution in [1.82, 2.24) is 15.1 Å². The predicted molar refractivity (Wildman–Crippen MR) is 117 cm³/mol. The molecule has 2 heterocycles. The van der Waals surface area contributed by atoms with Gasteiger partial charge in [-0.1, -0.05) is 11.3 Å². The van der Waals surface area contributed by atoms with Gasteiger partial charge in [-0.05, 0) is 39.7 Å². The number of nitrogens with zero attached hydrogens (tertiary/aromatic N) is 5. The van der Waals surface area contributed by atoms with Crippen molar-refractivity contribution in [3.05, 3.63) is 16.8 Å². The topological polar surface area (TPSA) is 126 Å². The van der Waals surface area contributed by atoms with Crippen LogP contribution in [-0.2, 0) is 14.8 Å². The first kappa shape index (κ1) is 25.1. The first-order chi connectivity index (χ1) is 15.2. The molecule has 1 fully saturated rings. The summed E-state index contributed by atoms with van der Waals surface area (Å²) in [7, 11) is -3.98. The van der Waals surface area contributed by atoms with E-state index in [-0.39, 0.29) is 28.2 Å². The number of hydrogen-bond donors (Lipinski definition) is 1. The third kappa shape index (κ3) is 6.07. The van der Waals surface area contributed by atoms with Crippen LogP contribution in [0.15, 0.2) is 21.3 Å². The zero-order valence-electron chi connectivity index (χ0n) is 18.3. The Bertz CT molecular complexity index is 1120. The normalized spacial score (nSPS) is 22.2. The molecule has 1 aromatic heterocycles. The second-order valence-electron chi connectivity index (χ2n) is 8.52.